The first-order chi connectivity index (χ1) is 14.0. The van der Waals surface area contributed by atoms with Crippen molar-refractivity contribution in [3.8, 4) is 17.5 Å². The number of nitrogens with zero attached hydrogens (tertiary/aromatic N) is 3. The van der Waals surface area contributed by atoms with Crippen LogP contribution in [0.3, 0.4) is 0 Å². The molecule has 0 aliphatic carbocycles. The molecule has 3 aromatic rings. The third kappa shape index (κ3) is 4.52. The summed E-state index contributed by atoms with van der Waals surface area (Å²) in [4.78, 5) is 16.7. The van der Waals surface area contributed by atoms with Crippen molar-refractivity contribution in [1.82, 2.24) is 20.1 Å². The van der Waals surface area contributed by atoms with Gasteiger partial charge in [0.05, 0.1) is 22.8 Å². The topological polar surface area (TPSA) is 94.0 Å². The van der Waals surface area contributed by atoms with Crippen LogP contribution in [0.5, 0.6) is 0 Å². The zero-order chi connectivity index (χ0) is 20.3. The number of carbonyl (C=O) groups excluding carboxylic acids is 1. The SMILES string of the molecule is O=C(N[C@H]1CCS(=O)(=O)C1)c1ccc(-n2cccn2)c(C#Cc2cccnc2)c1. The maximum absolute atomic E-state index is 12.6. The lowest BCUT2D eigenvalue weighted by atomic mass is 10.1. The van der Waals surface area contributed by atoms with Gasteiger partial charge in [-0.05, 0) is 42.8 Å². The number of nitrogens with one attached hydrogen (secondary N) is 1. The molecule has 1 N–H and O–H groups in total. The van der Waals surface area contributed by atoms with Gasteiger partial charge in [0, 0.05) is 42.0 Å². The van der Waals surface area contributed by atoms with E-state index >= 15 is 0 Å². The van der Waals surface area contributed by atoms with E-state index in [0.29, 0.717) is 17.5 Å². The Balaban J connectivity index is 1.64. The minimum atomic E-state index is -3.06. The van der Waals surface area contributed by atoms with Crippen molar-refractivity contribution >= 4 is 15.7 Å². The highest BCUT2D eigenvalue weighted by Gasteiger charge is 2.29. The third-order valence-corrected chi connectivity index (χ3v) is 6.35. The van der Waals surface area contributed by atoms with E-state index in [2.05, 4.69) is 27.2 Å². The number of pyridine rings is 1. The normalized spacial score (nSPS) is 17.3. The Morgan fingerprint density at radius 1 is 1.17 bits per heavy atom. The molecule has 1 aliphatic heterocycles. The van der Waals surface area contributed by atoms with Crippen LogP contribution in [0.4, 0.5) is 0 Å². The van der Waals surface area contributed by atoms with Crippen molar-refractivity contribution in [2.75, 3.05) is 11.5 Å². The highest BCUT2D eigenvalue weighted by Crippen LogP contribution is 2.17. The molecule has 0 saturated carbocycles. The summed E-state index contributed by atoms with van der Waals surface area (Å²) in [6, 6.07) is 10.3. The van der Waals surface area contributed by atoms with Gasteiger partial charge in [-0.2, -0.15) is 5.10 Å². The summed E-state index contributed by atoms with van der Waals surface area (Å²) in [5, 5.41) is 7.05. The molecule has 0 spiro atoms. The minimum Gasteiger partial charge on any atom is -0.348 e. The van der Waals surface area contributed by atoms with Crippen LogP contribution in [0.25, 0.3) is 5.69 Å². The molecule has 29 heavy (non-hydrogen) atoms. The molecule has 1 fully saturated rings. The maximum atomic E-state index is 12.6. The Kier molecular flexibility index (Phi) is 5.14. The average molecular weight is 406 g/mol. The van der Waals surface area contributed by atoms with Crippen molar-refractivity contribution in [3.63, 3.8) is 0 Å². The number of sulfone groups is 1. The standard InChI is InChI=1S/C21H18N4O3S/c26-21(24-19-8-12-29(27,28)15-19)18-6-7-20(25-11-2-10-23-25)17(13-18)5-4-16-3-1-9-22-14-16/h1-3,6-7,9-11,13-14,19H,8,12,15H2,(H,24,26)/t19-/m0/s1. The molecule has 1 aromatic carbocycles. The maximum Gasteiger partial charge on any atom is 0.251 e. The fourth-order valence-corrected chi connectivity index (χ4v) is 4.82. The van der Waals surface area contributed by atoms with Gasteiger partial charge in [-0.25, -0.2) is 13.1 Å². The predicted octanol–water partition coefficient (Wildman–Crippen LogP) is 1.58. The second kappa shape index (κ2) is 7.89. The molecule has 1 saturated heterocycles. The van der Waals surface area contributed by atoms with Crippen LogP contribution in [0.1, 0.15) is 27.9 Å². The van der Waals surface area contributed by atoms with E-state index in [1.54, 1.807) is 59.8 Å². The van der Waals surface area contributed by atoms with Crippen LogP contribution in [-0.4, -0.2) is 46.6 Å². The van der Waals surface area contributed by atoms with Crippen molar-refractivity contribution in [1.29, 1.82) is 0 Å². The van der Waals surface area contributed by atoms with Crippen LogP contribution in [0, 0.1) is 11.8 Å². The second-order valence-electron chi connectivity index (χ2n) is 6.75. The zero-order valence-corrected chi connectivity index (χ0v) is 16.3. The van der Waals surface area contributed by atoms with Gasteiger partial charge in [-0.3, -0.25) is 9.78 Å². The highest BCUT2D eigenvalue weighted by atomic mass is 32.2. The van der Waals surface area contributed by atoms with Gasteiger partial charge in [0.25, 0.3) is 5.91 Å². The molecule has 2 aromatic heterocycles. The van der Waals surface area contributed by atoms with Gasteiger partial charge in [0.1, 0.15) is 0 Å². The summed E-state index contributed by atoms with van der Waals surface area (Å²) in [6.07, 6.45) is 7.24. The van der Waals surface area contributed by atoms with E-state index in [1.165, 1.54) is 0 Å². The fraction of sp³-hybridized carbons (Fsp3) is 0.190. The lowest BCUT2D eigenvalue weighted by Crippen LogP contribution is -2.35. The van der Waals surface area contributed by atoms with Crippen LogP contribution in [0.15, 0.2) is 61.2 Å². The number of carbonyl (C=O) groups is 1. The summed E-state index contributed by atoms with van der Waals surface area (Å²) >= 11 is 0. The van der Waals surface area contributed by atoms with E-state index in [4.69, 9.17) is 0 Å². The molecule has 0 radical (unpaired) electrons. The molecule has 0 unspecified atom stereocenters. The highest BCUT2D eigenvalue weighted by molar-refractivity contribution is 7.91. The zero-order valence-electron chi connectivity index (χ0n) is 15.4. The van der Waals surface area contributed by atoms with E-state index < -0.39 is 9.84 Å². The minimum absolute atomic E-state index is 0.0161. The number of hydrogen-bond donors (Lipinski definition) is 1. The van der Waals surface area contributed by atoms with Gasteiger partial charge in [-0.1, -0.05) is 11.8 Å². The molecule has 1 atom stereocenters. The molecule has 7 nitrogen and oxygen atoms in total. The Hall–Kier alpha value is -3.44. The summed E-state index contributed by atoms with van der Waals surface area (Å²) in [5.41, 5.74) is 2.54. The first-order valence-corrected chi connectivity index (χ1v) is 10.9. The Bertz CT molecular complexity index is 1190. The first kappa shape index (κ1) is 18.9. The number of aromatic nitrogens is 3. The van der Waals surface area contributed by atoms with Crippen LogP contribution in [0.2, 0.25) is 0 Å². The number of benzene rings is 1. The number of amides is 1. The van der Waals surface area contributed by atoms with E-state index in [0.717, 1.165) is 11.3 Å². The second-order valence-corrected chi connectivity index (χ2v) is 8.98. The molecule has 1 amide bonds. The molecule has 4 rings (SSSR count). The van der Waals surface area contributed by atoms with Crippen LogP contribution < -0.4 is 5.32 Å². The van der Waals surface area contributed by atoms with Crippen molar-refractivity contribution < 1.29 is 13.2 Å². The molecule has 146 valence electrons. The summed E-state index contributed by atoms with van der Waals surface area (Å²) in [7, 11) is -3.06. The Morgan fingerprint density at radius 3 is 2.76 bits per heavy atom. The van der Waals surface area contributed by atoms with Crippen molar-refractivity contribution in [2.24, 2.45) is 0 Å². The van der Waals surface area contributed by atoms with Gasteiger partial charge < -0.3 is 5.32 Å². The predicted molar refractivity (Wildman–Crippen MR) is 108 cm³/mol. The lowest BCUT2D eigenvalue weighted by molar-refractivity contribution is 0.0941. The molecular formula is C21H18N4O3S. The fourth-order valence-electron chi connectivity index (χ4n) is 3.14. The van der Waals surface area contributed by atoms with Gasteiger partial charge in [0.2, 0.25) is 0 Å². The molecular weight excluding hydrogens is 388 g/mol. The van der Waals surface area contributed by atoms with Crippen molar-refractivity contribution in [2.45, 2.75) is 12.5 Å². The number of hydrogen-bond acceptors (Lipinski definition) is 5. The quantitative estimate of drug-likeness (QED) is 0.667. The summed E-state index contributed by atoms with van der Waals surface area (Å²) in [5.74, 6) is 5.92. The Morgan fingerprint density at radius 2 is 2.07 bits per heavy atom. The summed E-state index contributed by atoms with van der Waals surface area (Å²) in [6.45, 7) is 0. The van der Waals surface area contributed by atoms with E-state index in [9.17, 15) is 13.2 Å². The summed E-state index contributed by atoms with van der Waals surface area (Å²) < 4.78 is 24.9. The number of rotatable bonds is 3. The lowest BCUT2D eigenvalue weighted by Gasteiger charge is -2.12. The van der Waals surface area contributed by atoms with Gasteiger partial charge >= 0.3 is 0 Å². The van der Waals surface area contributed by atoms with Crippen LogP contribution >= 0.6 is 0 Å². The van der Waals surface area contributed by atoms with E-state index in [1.807, 2.05) is 6.07 Å². The van der Waals surface area contributed by atoms with Crippen molar-refractivity contribution in [3.05, 3.63) is 77.9 Å². The smallest absolute Gasteiger partial charge is 0.251 e. The molecule has 3 heterocycles. The largest absolute Gasteiger partial charge is 0.348 e. The molecule has 0 bridgehead atoms. The van der Waals surface area contributed by atoms with Gasteiger partial charge in [0.15, 0.2) is 9.84 Å². The third-order valence-electron chi connectivity index (χ3n) is 4.58. The average Bonchev–Trinajstić information content (AvgIpc) is 3.36. The van der Waals surface area contributed by atoms with Crippen LogP contribution in [-0.2, 0) is 9.84 Å². The van der Waals surface area contributed by atoms with E-state index in [-0.39, 0.29) is 23.5 Å². The first-order valence-electron chi connectivity index (χ1n) is 9.08. The Labute approximate surface area is 168 Å². The molecule has 8 heteroatoms. The van der Waals surface area contributed by atoms with Gasteiger partial charge in [-0.15, -0.1) is 0 Å². The molecule has 1 aliphatic rings. The monoisotopic (exact) mass is 406 g/mol.